The largest absolute Gasteiger partial charge is 0.283 e. The van der Waals surface area contributed by atoms with Crippen molar-refractivity contribution >= 4 is 38.9 Å². The maximum Gasteiger partial charge on any atom is 0.232 e. The number of sulfonamides is 1. The van der Waals surface area contributed by atoms with Crippen molar-refractivity contribution in [3.05, 3.63) is 28.8 Å². The molecular weight excluding hydrogens is 281 g/mol. The SMILES string of the molecule is Cc1cc(Cl)ccc1NS(=O)(=O)CCCCCl. The van der Waals surface area contributed by atoms with Crippen molar-refractivity contribution in [2.75, 3.05) is 16.4 Å². The number of hydrogen-bond donors (Lipinski definition) is 1. The van der Waals surface area contributed by atoms with Gasteiger partial charge in [0.05, 0.1) is 11.4 Å². The monoisotopic (exact) mass is 295 g/mol. The molecule has 0 aromatic heterocycles. The maximum absolute atomic E-state index is 11.7. The van der Waals surface area contributed by atoms with Crippen LogP contribution in [0.25, 0.3) is 0 Å². The first-order valence-corrected chi connectivity index (χ1v) is 7.84. The summed E-state index contributed by atoms with van der Waals surface area (Å²) in [5.74, 6) is 0.567. The van der Waals surface area contributed by atoms with E-state index in [4.69, 9.17) is 23.2 Å². The second kappa shape index (κ2) is 6.47. The fourth-order valence-electron chi connectivity index (χ4n) is 1.35. The third-order valence-corrected chi connectivity index (χ3v) is 4.11. The summed E-state index contributed by atoms with van der Waals surface area (Å²) in [6.45, 7) is 1.81. The van der Waals surface area contributed by atoms with E-state index < -0.39 is 10.0 Å². The van der Waals surface area contributed by atoms with Gasteiger partial charge in [-0.2, -0.15) is 0 Å². The Bertz CT molecular complexity index is 474. The summed E-state index contributed by atoms with van der Waals surface area (Å²) < 4.78 is 26.0. The topological polar surface area (TPSA) is 46.2 Å². The lowest BCUT2D eigenvalue weighted by molar-refractivity contribution is 0.598. The molecule has 96 valence electrons. The Labute approximate surface area is 112 Å². The first kappa shape index (κ1) is 14.6. The molecule has 1 aromatic carbocycles. The van der Waals surface area contributed by atoms with Gasteiger partial charge < -0.3 is 0 Å². The zero-order valence-electron chi connectivity index (χ0n) is 9.54. The molecule has 0 saturated carbocycles. The van der Waals surface area contributed by atoms with Crippen LogP contribution in [-0.2, 0) is 10.0 Å². The Morgan fingerprint density at radius 1 is 1.29 bits per heavy atom. The van der Waals surface area contributed by atoms with Crippen LogP contribution in [0, 0.1) is 6.92 Å². The molecule has 0 aliphatic rings. The summed E-state index contributed by atoms with van der Waals surface area (Å²) in [6, 6.07) is 5.04. The van der Waals surface area contributed by atoms with Crippen LogP contribution in [0.5, 0.6) is 0 Å². The Hall–Kier alpha value is -0.450. The van der Waals surface area contributed by atoms with Gasteiger partial charge in [-0.1, -0.05) is 11.6 Å². The van der Waals surface area contributed by atoms with E-state index in [0.717, 1.165) is 5.56 Å². The third-order valence-electron chi connectivity index (χ3n) is 2.25. The van der Waals surface area contributed by atoms with Gasteiger partial charge in [-0.05, 0) is 43.5 Å². The van der Waals surface area contributed by atoms with Gasteiger partial charge in [0.1, 0.15) is 0 Å². The summed E-state index contributed by atoms with van der Waals surface area (Å²) in [5.41, 5.74) is 1.37. The molecule has 17 heavy (non-hydrogen) atoms. The van der Waals surface area contributed by atoms with Crippen molar-refractivity contribution in [2.24, 2.45) is 0 Å². The van der Waals surface area contributed by atoms with Crippen LogP contribution in [0.2, 0.25) is 5.02 Å². The molecule has 0 aliphatic carbocycles. The molecule has 1 aromatic rings. The molecule has 1 N–H and O–H groups in total. The van der Waals surface area contributed by atoms with Gasteiger partial charge in [0, 0.05) is 10.9 Å². The highest BCUT2D eigenvalue weighted by molar-refractivity contribution is 7.92. The molecule has 0 heterocycles. The first-order valence-electron chi connectivity index (χ1n) is 5.27. The smallest absolute Gasteiger partial charge is 0.232 e. The highest BCUT2D eigenvalue weighted by atomic mass is 35.5. The fourth-order valence-corrected chi connectivity index (χ4v) is 3.01. The molecular formula is C11H15Cl2NO2S. The summed E-state index contributed by atoms with van der Waals surface area (Å²) in [7, 11) is -3.29. The highest BCUT2D eigenvalue weighted by Gasteiger charge is 2.11. The van der Waals surface area contributed by atoms with Gasteiger partial charge in [-0.15, -0.1) is 11.6 Å². The Kier molecular flexibility index (Phi) is 5.56. The number of rotatable bonds is 6. The van der Waals surface area contributed by atoms with Crippen molar-refractivity contribution in [3.8, 4) is 0 Å². The number of alkyl halides is 1. The van der Waals surface area contributed by atoms with E-state index in [0.29, 0.717) is 29.4 Å². The summed E-state index contributed by atoms with van der Waals surface area (Å²) in [4.78, 5) is 0. The first-order chi connectivity index (χ1) is 7.94. The molecule has 0 bridgehead atoms. The second-order valence-corrected chi connectivity index (χ2v) is 6.43. The Balaban J connectivity index is 2.69. The normalized spacial score (nSPS) is 11.5. The molecule has 6 heteroatoms. The number of hydrogen-bond acceptors (Lipinski definition) is 2. The lowest BCUT2D eigenvalue weighted by Gasteiger charge is -2.10. The van der Waals surface area contributed by atoms with E-state index in [2.05, 4.69) is 4.72 Å². The molecule has 0 amide bonds. The number of benzene rings is 1. The number of aryl methyl sites for hydroxylation is 1. The Morgan fingerprint density at radius 2 is 2.00 bits per heavy atom. The molecule has 0 unspecified atom stereocenters. The van der Waals surface area contributed by atoms with Gasteiger partial charge in [0.25, 0.3) is 0 Å². The van der Waals surface area contributed by atoms with Gasteiger partial charge in [0.2, 0.25) is 10.0 Å². The van der Waals surface area contributed by atoms with Crippen molar-refractivity contribution < 1.29 is 8.42 Å². The standard InChI is InChI=1S/C11H15Cl2NO2S/c1-9-8-10(13)4-5-11(9)14-17(15,16)7-3-2-6-12/h4-5,8,14H,2-3,6-7H2,1H3. The van der Waals surface area contributed by atoms with Crippen molar-refractivity contribution in [2.45, 2.75) is 19.8 Å². The zero-order chi connectivity index (χ0) is 12.9. The van der Waals surface area contributed by atoms with Crippen molar-refractivity contribution in [3.63, 3.8) is 0 Å². The van der Waals surface area contributed by atoms with E-state index >= 15 is 0 Å². The minimum Gasteiger partial charge on any atom is -0.283 e. The van der Waals surface area contributed by atoms with Crippen molar-refractivity contribution in [1.82, 2.24) is 0 Å². The van der Waals surface area contributed by atoms with Crippen LogP contribution >= 0.6 is 23.2 Å². The van der Waals surface area contributed by atoms with Crippen LogP contribution in [0.1, 0.15) is 18.4 Å². The van der Waals surface area contributed by atoms with Crippen molar-refractivity contribution in [1.29, 1.82) is 0 Å². The lowest BCUT2D eigenvalue weighted by atomic mass is 10.2. The molecule has 0 fully saturated rings. The molecule has 1 rings (SSSR count). The number of nitrogens with one attached hydrogen (secondary N) is 1. The van der Waals surface area contributed by atoms with E-state index in [-0.39, 0.29) is 5.75 Å². The molecule has 0 atom stereocenters. The van der Waals surface area contributed by atoms with E-state index in [1.807, 2.05) is 6.92 Å². The van der Waals surface area contributed by atoms with E-state index in [9.17, 15) is 8.42 Å². The van der Waals surface area contributed by atoms with E-state index in [1.165, 1.54) is 0 Å². The molecule has 0 aliphatic heterocycles. The minimum atomic E-state index is -3.29. The summed E-state index contributed by atoms with van der Waals surface area (Å²) in [6.07, 6.45) is 1.26. The maximum atomic E-state index is 11.7. The highest BCUT2D eigenvalue weighted by Crippen LogP contribution is 2.20. The number of unbranched alkanes of at least 4 members (excludes halogenated alkanes) is 1. The number of halogens is 2. The van der Waals surface area contributed by atoms with Crippen LogP contribution in [-0.4, -0.2) is 20.1 Å². The average molecular weight is 296 g/mol. The molecule has 0 saturated heterocycles. The number of anilines is 1. The van der Waals surface area contributed by atoms with Gasteiger partial charge >= 0.3 is 0 Å². The third kappa shape index (κ3) is 5.15. The Morgan fingerprint density at radius 3 is 2.59 bits per heavy atom. The zero-order valence-corrected chi connectivity index (χ0v) is 11.9. The fraction of sp³-hybridized carbons (Fsp3) is 0.455. The van der Waals surface area contributed by atoms with Crippen LogP contribution in [0.3, 0.4) is 0 Å². The minimum absolute atomic E-state index is 0.0851. The second-order valence-electron chi connectivity index (χ2n) is 3.78. The van der Waals surface area contributed by atoms with Crippen LogP contribution in [0.15, 0.2) is 18.2 Å². The van der Waals surface area contributed by atoms with Gasteiger partial charge in [-0.25, -0.2) is 8.42 Å². The molecule has 0 spiro atoms. The van der Waals surface area contributed by atoms with Gasteiger partial charge in [0.15, 0.2) is 0 Å². The summed E-state index contributed by atoms with van der Waals surface area (Å²) in [5, 5.41) is 0.590. The van der Waals surface area contributed by atoms with E-state index in [1.54, 1.807) is 18.2 Å². The molecule has 0 radical (unpaired) electrons. The van der Waals surface area contributed by atoms with Crippen LogP contribution < -0.4 is 4.72 Å². The average Bonchev–Trinajstić information content (AvgIpc) is 2.22. The molecule has 3 nitrogen and oxygen atoms in total. The van der Waals surface area contributed by atoms with Gasteiger partial charge in [-0.3, -0.25) is 4.72 Å². The predicted molar refractivity (Wildman–Crippen MR) is 73.6 cm³/mol. The van der Waals surface area contributed by atoms with Crippen LogP contribution in [0.4, 0.5) is 5.69 Å². The predicted octanol–water partition coefficient (Wildman–Crippen LogP) is 3.41. The summed E-state index contributed by atoms with van der Waals surface area (Å²) >= 11 is 11.3. The quantitative estimate of drug-likeness (QED) is 0.646. The lowest BCUT2D eigenvalue weighted by Crippen LogP contribution is -2.17.